The number of imide groups is 1. The van der Waals surface area contributed by atoms with Gasteiger partial charge in [-0.05, 0) is 61.0 Å². The summed E-state index contributed by atoms with van der Waals surface area (Å²) in [5.74, 6) is -2.68. The molecule has 1 atom stereocenters. The Morgan fingerprint density at radius 3 is 2.59 bits per heavy atom. The van der Waals surface area contributed by atoms with Gasteiger partial charge in [-0.1, -0.05) is 12.1 Å². The number of anilines is 2. The lowest BCUT2D eigenvalue weighted by Crippen LogP contribution is -2.33. The number of nitrogens with zero attached hydrogens (tertiary/aromatic N) is 1. The van der Waals surface area contributed by atoms with Crippen molar-refractivity contribution in [2.24, 2.45) is 0 Å². The van der Waals surface area contributed by atoms with Crippen LogP contribution in [0.15, 0.2) is 36.4 Å². The SMILES string of the molecule is Cc1cccc(N2C(=O)SC(CC(=O)Nc3ccc(O)cc3C(=O)O)C2=O)c1C. The highest BCUT2D eigenvalue weighted by Crippen LogP contribution is 2.36. The zero-order chi connectivity index (χ0) is 21.3. The number of nitrogens with one attached hydrogen (secondary N) is 1. The highest BCUT2D eigenvalue weighted by molar-refractivity contribution is 8.15. The first-order valence-electron chi connectivity index (χ1n) is 8.66. The third-order valence-electron chi connectivity index (χ3n) is 4.62. The van der Waals surface area contributed by atoms with Gasteiger partial charge in [0.15, 0.2) is 0 Å². The van der Waals surface area contributed by atoms with Gasteiger partial charge in [-0.15, -0.1) is 0 Å². The number of carbonyl (C=O) groups is 4. The molecule has 150 valence electrons. The van der Waals surface area contributed by atoms with Crippen LogP contribution in [0.2, 0.25) is 0 Å². The second kappa shape index (κ2) is 7.96. The molecule has 1 fully saturated rings. The summed E-state index contributed by atoms with van der Waals surface area (Å²) >= 11 is 0.763. The van der Waals surface area contributed by atoms with E-state index in [4.69, 9.17) is 0 Å². The number of carboxylic acids is 1. The Morgan fingerprint density at radius 2 is 1.90 bits per heavy atom. The minimum atomic E-state index is -1.32. The fourth-order valence-corrected chi connectivity index (χ4v) is 3.95. The van der Waals surface area contributed by atoms with Gasteiger partial charge in [-0.3, -0.25) is 14.4 Å². The quantitative estimate of drug-likeness (QED) is 0.641. The van der Waals surface area contributed by atoms with Gasteiger partial charge in [0.2, 0.25) is 11.8 Å². The second-order valence-electron chi connectivity index (χ2n) is 6.55. The fraction of sp³-hybridized carbons (Fsp3) is 0.200. The molecule has 29 heavy (non-hydrogen) atoms. The van der Waals surface area contributed by atoms with Crippen LogP contribution in [0.25, 0.3) is 0 Å². The molecule has 0 spiro atoms. The summed E-state index contributed by atoms with van der Waals surface area (Å²) in [7, 11) is 0. The van der Waals surface area contributed by atoms with Crippen molar-refractivity contribution in [3.05, 3.63) is 53.1 Å². The van der Waals surface area contributed by atoms with Gasteiger partial charge >= 0.3 is 5.97 Å². The Kier molecular flexibility index (Phi) is 5.60. The second-order valence-corrected chi connectivity index (χ2v) is 7.71. The number of carbonyl (C=O) groups excluding carboxylic acids is 3. The lowest BCUT2D eigenvalue weighted by molar-refractivity contribution is -0.121. The maximum Gasteiger partial charge on any atom is 0.337 e. The molecule has 3 amide bonds. The molecule has 0 aromatic heterocycles. The number of rotatable bonds is 5. The first-order valence-corrected chi connectivity index (χ1v) is 9.54. The van der Waals surface area contributed by atoms with Crippen LogP contribution < -0.4 is 10.2 Å². The molecule has 9 heteroatoms. The first-order chi connectivity index (χ1) is 13.7. The Hall–Kier alpha value is -3.33. The molecule has 3 N–H and O–H groups in total. The van der Waals surface area contributed by atoms with Gasteiger partial charge in [-0.25, -0.2) is 9.69 Å². The molecule has 1 unspecified atom stereocenters. The van der Waals surface area contributed by atoms with Crippen LogP contribution in [0.5, 0.6) is 5.75 Å². The summed E-state index contributed by atoms with van der Waals surface area (Å²) in [6, 6.07) is 8.81. The van der Waals surface area contributed by atoms with Crippen LogP contribution in [0.4, 0.5) is 16.2 Å². The lowest BCUT2D eigenvalue weighted by atomic mass is 10.1. The Labute approximate surface area is 170 Å². The molecule has 1 heterocycles. The number of aromatic carboxylic acids is 1. The van der Waals surface area contributed by atoms with Gasteiger partial charge in [0, 0.05) is 6.42 Å². The summed E-state index contributed by atoms with van der Waals surface area (Å²) in [5.41, 5.74) is 1.94. The van der Waals surface area contributed by atoms with Crippen LogP contribution in [0.1, 0.15) is 27.9 Å². The minimum Gasteiger partial charge on any atom is -0.508 e. The summed E-state index contributed by atoms with van der Waals surface area (Å²) in [5, 5.41) is 19.7. The molecular formula is C20H18N2O6S. The normalized spacial score (nSPS) is 16.2. The number of hydrogen-bond donors (Lipinski definition) is 3. The van der Waals surface area contributed by atoms with Crippen molar-refractivity contribution >= 4 is 46.2 Å². The van der Waals surface area contributed by atoms with E-state index in [-0.39, 0.29) is 23.4 Å². The number of thioether (sulfide) groups is 1. The predicted molar refractivity (Wildman–Crippen MR) is 108 cm³/mol. The molecular weight excluding hydrogens is 396 g/mol. The molecule has 0 aliphatic carbocycles. The molecule has 1 aliphatic rings. The minimum absolute atomic E-state index is 0.00606. The van der Waals surface area contributed by atoms with Crippen molar-refractivity contribution in [2.45, 2.75) is 25.5 Å². The van der Waals surface area contributed by atoms with Crippen molar-refractivity contribution < 1.29 is 29.4 Å². The number of hydrogen-bond acceptors (Lipinski definition) is 6. The van der Waals surface area contributed by atoms with Crippen LogP contribution in [-0.2, 0) is 9.59 Å². The Morgan fingerprint density at radius 1 is 1.17 bits per heavy atom. The van der Waals surface area contributed by atoms with Gasteiger partial charge < -0.3 is 15.5 Å². The highest BCUT2D eigenvalue weighted by atomic mass is 32.2. The number of aromatic hydroxyl groups is 1. The highest BCUT2D eigenvalue weighted by Gasteiger charge is 2.42. The van der Waals surface area contributed by atoms with Gasteiger partial charge in [0.1, 0.15) is 11.0 Å². The molecule has 1 aliphatic heterocycles. The standard InChI is InChI=1S/C20H18N2O6S/c1-10-4-3-5-15(11(10)2)22-18(25)16(29-20(22)28)9-17(24)21-14-7-6-12(23)8-13(14)19(26)27/h3-8,16,23H,9H2,1-2H3,(H,21,24)(H,26,27). The van der Waals surface area contributed by atoms with Gasteiger partial charge in [0.05, 0.1) is 16.9 Å². The van der Waals surface area contributed by atoms with Crippen LogP contribution in [0, 0.1) is 13.8 Å². The number of benzene rings is 2. The van der Waals surface area contributed by atoms with Gasteiger partial charge in [0.25, 0.3) is 5.24 Å². The summed E-state index contributed by atoms with van der Waals surface area (Å²) < 4.78 is 0. The van der Waals surface area contributed by atoms with Crippen molar-refractivity contribution in [1.29, 1.82) is 0 Å². The van der Waals surface area contributed by atoms with E-state index in [0.29, 0.717) is 5.69 Å². The third-order valence-corrected chi connectivity index (χ3v) is 5.65. The van der Waals surface area contributed by atoms with E-state index in [0.717, 1.165) is 33.9 Å². The topological polar surface area (TPSA) is 124 Å². The molecule has 8 nitrogen and oxygen atoms in total. The van der Waals surface area contributed by atoms with E-state index in [1.165, 1.54) is 12.1 Å². The molecule has 0 radical (unpaired) electrons. The molecule has 0 saturated carbocycles. The molecule has 0 bridgehead atoms. The maximum atomic E-state index is 12.8. The van der Waals surface area contributed by atoms with Crippen molar-refractivity contribution in [1.82, 2.24) is 0 Å². The Balaban J connectivity index is 1.76. The van der Waals surface area contributed by atoms with Crippen molar-refractivity contribution in [3.63, 3.8) is 0 Å². The van der Waals surface area contributed by atoms with E-state index in [1.807, 2.05) is 19.9 Å². The Bertz CT molecular complexity index is 1040. The monoisotopic (exact) mass is 414 g/mol. The average Bonchev–Trinajstić information content (AvgIpc) is 2.92. The van der Waals surface area contributed by atoms with E-state index >= 15 is 0 Å². The van der Waals surface area contributed by atoms with Gasteiger partial charge in [-0.2, -0.15) is 0 Å². The number of carboxylic acid groups (broad SMARTS) is 1. The van der Waals surface area contributed by atoms with E-state index in [9.17, 15) is 29.4 Å². The van der Waals surface area contributed by atoms with E-state index in [2.05, 4.69) is 5.32 Å². The van der Waals surface area contributed by atoms with Crippen molar-refractivity contribution in [3.8, 4) is 5.75 Å². The molecule has 3 rings (SSSR count). The first kappa shape index (κ1) is 20.4. The zero-order valence-electron chi connectivity index (χ0n) is 15.6. The lowest BCUT2D eigenvalue weighted by Gasteiger charge is -2.17. The molecule has 2 aromatic carbocycles. The zero-order valence-corrected chi connectivity index (χ0v) is 16.4. The smallest absolute Gasteiger partial charge is 0.337 e. The predicted octanol–water partition coefficient (Wildman–Crippen LogP) is 3.30. The fourth-order valence-electron chi connectivity index (χ4n) is 2.97. The summed E-state index contributed by atoms with van der Waals surface area (Å²) in [4.78, 5) is 49.9. The van der Waals surface area contributed by atoms with E-state index < -0.39 is 28.3 Å². The summed E-state index contributed by atoms with van der Waals surface area (Å²) in [6.07, 6.45) is -0.295. The van der Waals surface area contributed by atoms with E-state index in [1.54, 1.807) is 12.1 Å². The van der Waals surface area contributed by atoms with Crippen LogP contribution in [-0.4, -0.2) is 38.5 Å². The number of phenols is 1. The number of aryl methyl sites for hydroxylation is 1. The molecule has 1 saturated heterocycles. The molecule has 2 aromatic rings. The number of phenolic OH excluding ortho intramolecular Hbond substituents is 1. The van der Waals surface area contributed by atoms with Crippen LogP contribution >= 0.6 is 11.8 Å². The summed E-state index contributed by atoms with van der Waals surface area (Å²) in [6.45, 7) is 3.69. The average molecular weight is 414 g/mol. The van der Waals surface area contributed by atoms with Crippen molar-refractivity contribution in [2.75, 3.05) is 10.2 Å². The van der Waals surface area contributed by atoms with Crippen LogP contribution in [0.3, 0.4) is 0 Å². The number of amides is 3. The largest absolute Gasteiger partial charge is 0.508 e. The third kappa shape index (κ3) is 4.09. The maximum absolute atomic E-state index is 12.8.